The van der Waals surface area contributed by atoms with E-state index in [1.165, 1.54) is 0 Å². The molecule has 0 atom stereocenters. The first-order chi connectivity index (χ1) is 11.6. The number of benzene rings is 1. The summed E-state index contributed by atoms with van der Waals surface area (Å²) >= 11 is 0. The Morgan fingerprint density at radius 2 is 1.67 bits per heavy atom. The number of aromatic amines is 1. The zero-order chi connectivity index (χ0) is 16.7. The Kier molecular flexibility index (Phi) is 3.30. The molecule has 4 aromatic rings. The van der Waals surface area contributed by atoms with Crippen molar-refractivity contribution in [1.82, 2.24) is 30.1 Å². The maximum Gasteiger partial charge on any atom is 0.181 e. The van der Waals surface area contributed by atoms with Crippen LogP contribution in [-0.4, -0.2) is 30.1 Å². The fourth-order valence-corrected chi connectivity index (χ4v) is 2.69. The standard InChI is InChI=1S/C18H16N6/c1-10-6-16(14-8-19-11(2)20-9-14)22-17-7-13(4-5-15(10)17)18-21-12(3)23-24-18/h4-9H,1-3H3,(H,21,23,24). The van der Waals surface area contributed by atoms with Crippen molar-refractivity contribution in [3.63, 3.8) is 0 Å². The number of pyridine rings is 1. The summed E-state index contributed by atoms with van der Waals surface area (Å²) in [7, 11) is 0. The summed E-state index contributed by atoms with van der Waals surface area (Å²) in [6, 6.07) is 8.17. The zero-order valence-electron chi connectivity index (χ0n) is 13.7. The predicted molar refractivity (Wildman–Crippen MR) is 92.4 cm³/mol. The van der Waals surface area contributed by atoms with Gasteiger partial charge in [-0.3, -0.25) is 5.10 Å². The number of rotatable bonds is 2. The first-order valence-corrected chi connectivity index (χ1v) is 7.70. The monoisotopic (exact) mass is 316 g/mol. The van der Waals surface area contributed by atoms with E-state index in [0.29, 0.717) is 5.82 Å². The highest BCUT2D eigenvalue weighted by Gasteiger charge is 2.09. The molecule has 0 amide bonds. The van der Waals surface area contributed by atoms with Crippen LogP contribution in [0, 0.1) is 20.8 Å². The minimum absolute atomic E-state index is 0.679. The Bertz CT molecular complexity index is 1030. The molecule has 0 unspecified atom stereocenters. The third kappa shape index (κ3) is 2.52. The van der Waals surface area contributed by atoms with Crippen LogP contribution in [0.25, 0.3) is 33.5 Å². The highest BCUT2D eigenvalue weighted by atomic mass is 15.2. The molecule has 118 valence electrons. The molecule has 0 fully saturated rings. The normalized spacial score (nSPS) is 11.1. The third-order valence-electron chi connectivity index (χ3n) is 3.95. The summed E-state index contributed by atoms with van der Waals surface area (Å²) in [6.45, 7) is 5.84. The van der Waals surface area contributed by atoms with E-state index in [0.717, 1.165) is 44.9 Å². The topological polar surface area (TPSA) is 80.2 Å². The van der Waals surface area contributed by atoms with Gasteiger partial charge in [-0.25, -0.2) is 19.9 Å². The highest BCUT2D eigenvalue weighted by molar-refractivity contribution is 5.88. The van der Waals surface area contributed by atoms with Gasteiger partial charge in [0.25, 0.3) is 0 Å². The lowest BCUT2D eigenvalue weighted by Gasteiger charge is -2.07. The third-order valence-corrected chi connectivity index (χ3v) is 3.95. The van der Waals surface area contributed by atoms with Crippen LogP contribution in [0.2, 0.25) is 0 Å². The van der Waals surface area contributed by atoms with Crippen molar-refractivity contribution in [1.29, 1.82) is 0 Å². The van der Waals surface area contributed by atoms with Gasteiger partial charge in [0, 0.05) is 28.9 Å². The molecule has 1 aromatic carbocycles. The molecule has 0 aliphatic rings. The maximum absolute atomic E-state index is 4.78. The van der Waals surface area contributed by atoms with E-state index >= 15 is 0 Å². The summed E-state index contributed by atoms with van der Waals surface area (Å²) < 4.78 is 0. The number of aromatic nitrogens is 6. The smallest absolute Gasteiger partial charge is 0.181 e. The van der Waals surface area contributed by atoms with Crippen LogP contribution in [-0.2, 0) is 0 Å². The molecule has 0 aliphatic heterocycles. The number of fused-ring (bicyclic) bond motifs is 1. The second-order valence-electron chi connectivity index (χ2n) is 5.82. The molecule has 0 radical (unpaired) electrons. The maximum atomic E-state index is 4.78. The fraction of sp³-hybridized carbons (Fsp3) is 0.167. The lowest BCUT2D eigenvalue weighted by molar-refractivity contribution is 1.04. The van der Waals surface area contributed by atoms with E-state index in [1.807, 2.05) is 26.0 Å². The van der Waals surface area contributed by atoms with Crippen molar-refractivity contribution in [2.24, 2.45) is 0 Å². The molecular weight excluding hydrogens is 300 g/mol. The molecule has 0 saturated heterocycles. The van der Waals surface area contributed by atoms with E-state index in [-0.39, 0.29) is 0 Å². The largest absolute Gasteiger partial charge is 0.263 e. The van der Waals surface area contributed by atoms with Crippen molar-refractivity contribution in [3.05, 3.63) is 53.9 Å². The first-order valence-electron chi connectivity index (χ1n) is 7.70. The SMILES string of the molecule is Cc1ncc(-c2cc(C)c3ccc(-c4n[nH]c(C)n4)cc3n2)cn1. The zero-order valence-corrected chi connectivity index (χ0v) is 13.7. The van der Waals surface area contributed by atoms with E-state index in [4.69, 9.17) is 4.98 Å². The average molecular weight is 316 g/mol. The van der Waals surface area contributed by atoms with Crippen molar-refractivity contribution in [3.8, 4) is 22.6 Å². The minimum atomic E-state index is 0.679. The number of nitrogens with one attached hydrogen (secondary N) is 1. The van der Waals surface area contributed by atoms with E-state index < -0.39 is 0 Å². The number of hydrogen-bond donors (Lipinski definition) is 1. The second kappa shape index (κ2) is 5.49. The molecule has 6 heteroatoms. The second-order valence-corrected chi connectivity index (χ2v) is 5.82. The van der Waals surface area contributed by atoms with Gasteiger partial charge in [-0.05, 0) is 38.5 Å². The summed E-state index contributed by atoms with van der Waals surface area (Å²) in [6.07, 6.45) is 3.61. The van der Waals surface area contributed by atoms with Gasteiger partial charge in [-0.15, -0.1) is 0 Å². The molecule has 1 N–H and O–H groups in total. The van der Waals surface area contributed by atoms with Crippen LogP contribution in [0.15, 0.2) is 36.7 Å². The summed E-state index contributed by atoms with van der Waals surface area (Å²) in [5.41, 5.74) is 4.78. The quantitative estimate of drug-likeness (QED) is 0.613. The molecule has 4 rings (SSSR count). The molecule has 0 bridgehead atoms. The summed E-state index contributed by atoms with van der Waals surface area (Å²) in [4.78, 5) is 17.7. The Morgan fingerprint density at radius 3 is 2.38 bits per heavy atom. The van der Waals surface area contributed by atoms with Gasteiger partial charge < -0.3 is 0 Å². The van der Waals surface area contributed by atoms with Crippen molar-refractivity contribution in [2.45, 2.75) is 20.8 Å². The van der Waals surface area contributed by atoms with Crippen molar-refractivity contribution in [2.75, 3.05) is 0 Å². The van der Waals surface area contributed by atoms with Crippen LogP contribution >= 0.6 is 0 Å². The van der Waals surface area contributed by atoms with Gasteiger partial charge in [-0.2, -0.15) is 5.10 Å². The first kappa shape index (κ1) is 14.4. The minimum Gasteiger partial charge on any atom is -0.263 e. The lowest BCUT2D eigenvalue weighted by Crippen LogP contribution is -1.93. The van der Waals surface area contributed by atoms with E-state index in [9.17, 15) is 0 Å². The summed E-state index contributed by atoms with van der Waals surface area (Å²) in [5.74, 6) is 2.22. The summed E-state index contributed by atoms with van der Waals surface area (Å²) in [5, 5.41) is 8.21. The fourth-order valence-electron chi connectivity index (χ4n) is 2.69. The Hall–Kier alpha value is -3.15. The number of hydrogen-bond acceptors (Lipinski definition) is 5. The Labute approximate surface area is 139 Å². The van der Waals surface area contributed by atoms with Gasteiger partial charge >= 0.3 is 0 Å². The number of nitrogens with zero attached hydrogens (tertiary/aromatic N) is 5. The number of aryl methyl sites for hydroxylation is 3. The van der Waals surface area contributed by atoms with Crippen LogP contribution in [0.5, 0.6) is 0 Å². The molecule has 0 spiro atoms. The number of H-pyrrole nitrogens is 1. The highest BCUT2D eigenvalue weighted by Crippen LogP contribution is 2.27. The van der Waals surface area contributed by atoms with Crippen molar-refractivity contribution >= 4 is 10.9 Å². The Morgan fingerprint density at radius 1 is 0.875 bits per heavy atom. The van der Waals surface area contributed by atoms with Crippen LogP contribution in [0.4, 0.5) is 0 Å². The van der Waals surface area contributed by atoms with Crippen LogP contribution in [0.1, 0.15) is 17.2 Å². The van der Waals surface area contributed by atoms with Gasteiger partial charge in [0.05, 0.1) is 11.2 Å². The molecular formula is C18H16N6. The molecule has 3 aromatic heterocycles. The molecule has 0 aliphatic carbocycles. The van der Waals surface area contributed by atoms with E-state index in [2.05, 4.69) is 44.2 Å². The van der Waals surface area contributed by atoms with Gasteiger partial charge in [0.15, 0.2) is 5.82 Å². The van der Waals surface area contributed by atoms with Gasteiger partial charge in [0.2, 0.25) is 0 Å². The van der Waals surface area contributed by atoms with E-state index in [1.54, 1.807) is 12.4 Å². The molecule has 6 nitrogen and oxygen atoms in total. The molecule has 24 heavy (non-hydrogen) atoms. The van der Waals surface area contributed by atoms with Crippen molar-refractivity contribution < 1.29 is 0 Å². The van der Waals surface area contributed by atoms with Crippen LogP contribution < -0.4 is 0 Å². The van der Waals surface area contributed by atoms with Gasteiger partial charge in [0.1, 0.15) is 11.6 Å². The molecule has 0 saturated carbocycles. The molecule has 3 heterocycles. The predicted octanol–water partition coefficient (Wildman–Crippen LogP) is 3.40. The average Bonchev–Trinajstić information content (AvgIpc) is 3.01. The van der Waals surface area contributed by atoms with Gasteiger partial charge in [-0.1, -0.05) is 12.1 Å². The lowest BCUT2D eigenvalue weighted by atomic mass is 10.0. The Balaban J connectivity index is 1.87. The van der Waals surface area contributed by atoms with Crippen LogP contribution in [0.3, 0.4) is 0 Å².